The lowest BCUT2D eigenvalue weighted by molar-refractivity contribution is 0.725. The Labute approximate surface area is 114 Å². The second-order valence-corrected chi connectivity index (χ2v) is 5.77. The van der Waals surface area contributed by atoms with Crippen LogP contribution in [0.1, 0.15) is 42.5 Å². The molecule has 2 aromatic rings. The molecule has 1 atom stereocenters. The Morgan fingerprint density at radius 3 is 2.84 bits per heavy atom. The van der Waals surface area contributed by atoms with Gasteiger partial charge in [0.15, 0.2) is 0 Å². The van der Waals surface area contributed by atoms with Gasteiger partial charge in [-0.1, -0.05) is 17.7 Å². The van der Waals surface area contributed by atoms with Crippen LogP contribution in [0.2, 0.25) is 0 Å². The maximum Gasteiger partial charge on any atom is 0.0678 e. The van der Waals surface area contributed by atoms with E-state index < -0.39 is 0 Å². The van der Waals surface area contributed by atoms with Crippen molar-refractivity contribution < 1.29 is 0 Å². The van der Waals surface area contributed by atoms with Crippen molar-refractivity contribution in [1.82, 2.24) is 9.78 Å². The first-order valence-corrected chi connectivity index (χ1v) is 7.04. The van der Waals surface area contributed by atoms with Gasteiger partial charge in [-0.05, 0) is 50.8 Å². The van der Waals surface area contributed by atoms with Gasteiger partial charge in [0.05, 0.1) is 11.4 Å². The lowest BCUT2D eigenvalue weighted by Crippen LogP contribution is -2.19. The molecule has 1 aliphatic rings. The highest BCUT2D eigenvalue weighted by atomic mass is 15.3. The summed E-state index contributed by atoms with van der Waals surface area (Å²) in [5, 5.41) is 4.72. The zero-order chi connectivity index (χ0) is 13.4. The number of hydrogen-bond donors (Lipinski definition) is 1. The number of rotatable bonds is 4. The molecule has 2 N–H and O–H groups in total. The number of nitrogens with two attached hydrogens (primary N) is 1. The van der Waals surface area contributed by atoms with Gasteiger partial charge in [-0.25, -0.2) is 4.68 Å². The summed E-state index contributed by atoms with van der Waals surface area (Å²) in [4.78, 5) is 0. The van der Waals surface area contributed by atoms with Crippen LogP contribution in [-0.2, 0) is 6.42 Å². The Hall–Kier alpha value is -1.61. The van der Waals surface area contributed by atoms with Crippen LogP contribution in [0.5, 0.6) is 0 Å². The summed E-state index contributed by atoms with van der Waals surface area (Å²) in [6.07, 6.45) is 5.54. The summed E-state index contributed by atoms with van der Waals surface area (Å²) < 4.78 is 2.00. The monoisotopic (exact) mass is 255 g/mol. The molecule has 1 aromatic carbocycles. The van der Waals surface area contributed by atoms with Crippen molar-refractivity contribution in [3.05, 3.63) is 47.3 Å². The Balaban J connectivity index is 1.97. The molecule has 1 aliphatic carbocycles. The third kappa shape index (κ3) is 2.71. The number of benzene rings is 1. The number of hydrogen-bond acceptors (Lipinski definition) is 2. The van der Waals surface area contributed by atoms with E-state index in [0.717, 1.165) is 12.1 Å². The van der Waals surface area contributed by atoms with E-state index in [-0.39, 0.29) is 6.04 Å². The van der Waals surface area contributed by atoms with E-state index in [9.17, 15) is 0 Å². The summed E-state index contributed by atoms with van der Waals surface area (Å²) in [6.45, 7) is 4.16. The standard InChI is InChI=1S/C16H21N3/c1-11-3-6-16(14(9-11)10-12(2)17)19-8-7-15(18-19)13-4-5-13/h3,6-9,12-13H,4-5,10,17H2,1-2H3. The second kappa shape index (κ2) is 4.82. The van der Waals surface area contributed by atoms with E-state index in [1.54, 1.807) is 0 Å². The SMILES string of the molecule is Cc1ccc(-n2ccc(C3CC3)n2)c(CC(C)N)c1. The zero-order valence-corrected chi connectivity index (χ0v) is 11.6. The first-order valence-electron chi connectivity index (χ1n) is 7.04. The van der Waals surface area contributed by atoms with Crippen LogP contribution in [0.15, 0.2) is 30.5 Å². The molecule has 19 heavy (non-hydrogen) atoms. The van der Waals surface area contributed by atoms with Crippen molar-refractivity contribution in [2.75, 3.05) is 0 Å². The zero-order valence-electron chi connectivity index (χ0n) is 11.6. The molecule has 3 nitrogen and oxygen atoms in total. The fourth-order valence-electron chi connectivity index (χ4n) is 2.52. The Bertz CT molecular complexity index is 579. The van der Waals surface area contributed by atoms with E-state index in [1.165, 1.54) is 29.7 Å². The van der Waals surface area contributed by atoms with E-state index in [4.69, 9.17) is 10.8 Å². The summed E-state index contributed by atoms with van der Waals surface area (Å²) >= 11 is 0. The molecule has 1 heterocycles. The molecule has 0 aliphatic heterocycles. The molecule has 0 bridgehead atoms. The average molecular weight is 255 g/mol. The number of aryl methyl sites for hydroxylation is 1. The highest BCUT2D eigenvalue weighted by molar-refractivity contribution is 5.43. The topological polar surface area (TPSA) is 43.8 Å². The van der Waals surface area contributed by atoms with Crippen LogP contribution in [0.4, 0.5) is 0 Å². The molecule has 3 heteroatoms. The van der Waals surface area contributed by atoms with Crippen molar-refractivity contribution in [3.63, 3.8) is 0 Å². The van der Waals surface area contributed by atoms with Gasteiger partial charge in [-0.15, -0.1) is 0 Å². The molecule has 1 fully saturated rings. The lowest BCUT2D eigenvalue weighted by atomic mass is 10.0. The second-order valence-electron chi connectivity index (χ2n) is 5.77. The quantitative estimate of drug-likeness (QED) is 0.912. The van der Waals surface area contributed by atoms with Gasteiger partial charge in [0, 0.05) is 18.2 Å². The summed E-state index contributed by atoms with van der Waals surface area (Å²) in [7, 11) is 0. The lowest BCUT2D eigenvalue weighted by Gasteiger charge is -2.12. The Morgan fingerprint density at radius 1 is 1.37 bits per heavy atom. The predicted molar refractivity (Wildman–Crippen MR) is 77.6 cm³/mol. The Kier molecular flexibility index (Phi) is 3.15. The maximum atomic E-state index is 5.96. The van der Waals surface area contributed by atoms with Crippen LogP contribution in [0.25, 0.3) is 5.69 Å². The minimum Gasteiger partial charge on any atom is -0.328 e. The van der Waals surface area contributed by atoms with Crippen LogP contribution in [0.3, 0.4) is 0 Å². The molecule has 0 saturated heterocycles. The Morgan fingerprint density at radius 2 is 2.16 bits per heavy atom. The summed E-state index contributed by atoms with van der Waals surface area (Å²) in [5.74, 6) is 0.698. The summed E-state index contributed by atoms with van der Waals surface area (Å²) in [5.41, 5.74) is 10.9. The van der Waals surface area contributed by atoms with Crippen molar-refractivity contribution in [1.29, 1.82) is 0 Å². The van der Waals surface area contributed by atoms with Crippen LogP contribution in [-0.4, -0.2) is 15.8 Å². The van der Waals surface area contributed by atoms with E-state index in [1.807, 2.05) is 11.6 Å². The van der Waals surface area contributed by atoms with Gasteiger partial charge in [0.2, 0.25) is 0 Å². The largest absolute Gasteiger partial charge is 0.328 e. The number of nitrogens with zero attached hydrogens (tertiary/aromatic N) is 2. The predicted octanol–water partition coefficient (Wildman–Crippen LogP) is 2.95. The van der Waals surface area contributed by atoms with Crippen LogP contribution >= 0.6 is 0 Å². The molecule has 100 valence electrons. The highest BCUT2D eigenvalue weighted by Gasteiger charge is 2.26. The van der Waals surface area contributed by atoms with Crippen molar-refractivity contribution in [2.45, 2.75) is 45.1 Å². The van der Waals surface area contributed by atoms with Gasteiger partial charge in [0.25, 0.3) is 0 Å². The minimum atomic E-state index is 0.166. The normalized spacial score (nSPS) is 16.6. The van der Waals surface area contributed by atoms with Crippen molar-refractivity contribution in [3.8, 4) is 5.69 Å². The smallest absolute Gasteiger partial charge is 0.0678 e. The molecule has 0 radical (unpaired) electrons. The van der Waals surface area contributed by atoms with Gasteiger partial charge in [-0.3, -0.25) is 0 Å². The third-order valence-electron chi connectivity index (χ3n) is 3.63. The fraction of sp³-hybridized carbons (Fsp3) is 0.438. The molecule has 0 amide bonds. The van der Waals surface area contributed by atoms with Gasteiger partial charge in [-0.2, -0.15) is 5.10 Å². The maximum absolute atomic E-state index is 5.96. The van der Waals surface area contributed by atoms with E-state index in [0.29, 0.717) is 5.92 Å². The molecule has 3 rings (SSSR count). The first kappa shape index (κ1) is 12.4. The molecular formula is C16H21N3. The highest BCUT2D eigenvalue weighted by Crippen LogP contribution is 2.39. The summed E-state index contributed by atoms with van der Waals surface area (Å²) in [6, 6.07) is 8.82. The molecular weight excluding hydrogens is 234 g/mol. The van der Waals surface area contributed by atoms with Gasteiger partial charge in [0.1, 0.15) is 0 Å². The molecule has 1 saturated carbocycles. The van der Waals surface area contributed by atoms with Crippen molar-refractivity contribution in [2.24, 2.45) is 5.73 Å². The third-order valence-corrected chi connectivity index (χ3v) is 3.63. The number of aromatic nitrogens is 2. The average Bonchev–Trinajstić information content (AvgIpc) is 3.08. The molecule has 0 spiro atoms. The van der Waals surface area contributed by atoms with E-state index >= 15 is 0 Å². The van der Waals surface area contributed by atoms with Crippen LogP contribution in [0, 0.1) is 6.92 Å². The van der Waals surface area contributed by atoms with Gasteiger partial charge >= 0.3 is 0 Å². The fourth-order valence-corrected chi connectivity index (χ4v) is 2.52. The van der Waals surface area contributed by atoms with Crippen molar-refractivity contribution >= 4 is 0 Å². The molecule has 1 aromatic heterocycles. The first-order chi connectivity index (χ1) is 9.13. The minimum absolute atomic E-state index is 0.166. The molecule has 1 unspecified atom stereocenters. The van der Waals surface area contributed by atoms with E-state index in [2.05, 4.69) is 37.4 Å². The van der Waals surface area contributed by atoms with Gasteiger partial charge < -0.3 is 5.73 Å². The van der Waals surface area contributed by atoms with Crippen LogP contribution < -0.4 is 5.73 Å².